The molecule has 1 N–H and O–H groups in total. The summed E-state index contributed by atoms with van der Waals surface area (Å²) < 4.78 is 14.4. The van der Waals surface area contributed by atoms with Gasteiger partial charge in [-0.3, -0.25) is 4.84 Å². The van der Waals surface area contributed by atoms with Crippen LogP contribution in [0.15, 0.2) is 42.6 Å². The third-order valence-corrected chi connectivity index (χ3v) is 5.96. The van der Waals surface area contributed by atoms with E-state index in [0.717, 1.165) is 33.7 Å². The number of pyridine rings is 1. The van der Waals surface area contributed by atoms with Crippen molar-refractivity contribution in [3.8, 4) is 16.9 Å². The summed E-state index contributed by atoms with van der Waals surface area (Å²) in [6.45, 7) is 3.65. The third-order valence-electron chi connectivity index (χ3n) is 5.96. The lowest BCUT2D eigenvalue weighted by atomic mass is 9.98. The Labute approximate surface area is 174 Å². The van der Waals surface area contributed by atoms with Crippen LogP contribution in [0.2, 0.25) is 0 Å². The monoisotopic (exact) mass is 408 g/mol. The predicted octanol–water partition coefficient (Wildman–Crippen LogP) is 3.28. The molecule has 30 heavy (non-hydrogen) atoms. The highest BCUT2D eigenvalue weighted by Gasteiger charge is 2.42. The minimum absolute atomic E-state index is 0.238. The first-order valence-electron chi connectivity index (χ1n) is 10.1. The molecule has 4 heterocycles. The molecule has 2 aliphatic heterocycles. The highest BCUT2D eigenvalue weighted by Crippen LogP contribution is 2.39. The van der Waals surface area contributed by atoms with E-state index in [9.17, 15) is 4.79 Å². The van der Waals surface area contributed by atoms with E-state index < -0.39 is 5.79 Å². The van der Waals surface area contributed by atoms with Gasteiger partial charge >= 0.3 is 6.03 Å². The molecule has 2 aromatic heterocycles. The van der Waals surface area contributed by atoms with Crippen molar-refractivity contribution in [1.82, 2.24) is 20.0 Å². The molecule has 2 amide bonds. The third kappa shape index (κ3) is 3.18. The van der Waals surface area contributed by atoms with Crippen LogP contribution in [-0.4, -0.2) is 46.5 Å². The van der Waals surface area contributed by atoms with Gasteiger partial charge in [-0.2, -0.15) is 5.10 Å². The van der Waals surface area contributed by atoms with Crippen molar-refractivity contribution in [3.05, 3.63) is 53.9 Å². The molecule has 0 aliphatic carbocycles. The van der Waals surface area contributed by atoms with Crippen molar-refractivity contribution in [2.45, 2.75) is 32.2 Å². The number of amides is 2. The lowest BCUT2D eigenvalue weighted by Gasteiger charge is -2.43. The number of urea groups is 1. The van der Waals surface area contributed by atoms with Crippen LogP contribution in [0.4, 0.5) is 4.79 Å². The standard InChI is InChI=1S/C22H24N4O4/c1-15-19(5-4-18-7-10-23-26(15)18)16-3-6-20-17(13-16)14-29-22(30-20)8-11-25(12-9-22)21(27)24-28-2/h3-7,10,13H,8-9,11-12,14H2,1-2H3,(H,24,27). The van der Waals surface area contributed by atoms with Crippen molar-refractivity contribution >= 4 is 11.5 Å². The van der Waals surface area contributed by atoms with E-state index in [0.29, 0.717) is 32.5 Å². The molecule has 1 aromatic carbocycles. The highest BCUT2D eigenvalue weighted by molar-refractivity contribution is 5.73. The topological polar surface area (TPSA) is 77.3 Å². The van der Waals surface area contributed by atoms with E-state index in [-0.39, 0.29) is 6.03 Å². The quantitative estimate of drug-likeness (QED) is 0.659. The molecule has 0 radical (unpaired) electrons. The fourth-order valence-corrected chi connectivity index (χ4v) is 4.28. The van der Waals surface area contributed by atoms with Crippen LogP contribution in [0.25, 0.3) is 16.6 Å². The van der Waals surface area contributed by atoms with Crippen molar-refractivity contribution < 1.29 is 19.1 Å². The summed E-state index contributed by atoms with van der Waals surface area (Å²) in [6.07, 6.45) is 3.03. The molecule has 1 fully saturated rings. The number of hydrogen-bond acceptors (Lipinski definition) is 5. The van der Waals surface area contributed by atoms with Gasteiger partial charge in [0.25, 0.3) is 0 Å². The summed E-state index contributed by atoms with van der Waals surface area (Å²) in [4.78, 5) is 18.3. The number of nitrogens with one attached hydrogen (secondary N) is 1. The number of likely N-dealkylation sites (tertiary alicyclic amines) is 1. The van der Waals surface area contributed by atoms with Gasteiger partial charge in [0, 0.05) is 48.9 Å². The Hall–Kier alpha value is -3.10. The Bertz CT molecular complexity index is 1100. The Morgan fingerprint density at radius 3 is 2.83 bits per heavy atom. The van der Waals surface area contributed by atoms with Crippen molar-refractivity contribution in [1.29, 1.82) is 0 Å². The van der Waals surface area contributed by atoms with Crippen LogP contribution in [-0.2, 0) is 16.2 Å². The number of ether oxygens (including phenoxy) is 2. The first-order valence-corrected chi connectivity index (χ1v) is 10.1. The molecular formula is C22H24N4O4. The summed E-state index contributed by atoms with van der Waals surface area (Å²) in [7, 11) is 1.43. The molecule has 2 aliphatic rings. The largest absolute Gasteiger partial charge is 0.462 e. The molecule has 8 heteroatoms. The number of hydrogen-bond donors (Lipinski definition) is 1. The second kappa shape index (κ2) is 7.30. The molecular weight excluding hydrogens is 384 g/mol. The average Bonchev–Trinajstić information content (AvgIpc) is 3.24. The van der Waals surface area contributed by atoms with Crippen LogP contribution >= 0.6 is 0 Å². The molecule has 0 unspecified atom stereocenters. The van der Waals surface area contributed by atoms with E-state index in [4.69, 9.17) is 14.3 Å². The first-order chi connectivity index (χ1) is 14.6. The summed E-state index contributed by atoms with van der Waals surface area (Å²) in [6, 6.07) is 12.2. The van der Waals surface area contributed by atoms with Crippen molar-refractivity contribution in [2.24, 2.45) is 0 Å². The van der Waals surface area contributed by atoms with E-state index >= 15 is 0 Å². The van der Waals surface area contributed by atoms with Crippen LogP contribution < -0.4 is 10.2 Å². The molecule has 8 nitrogen and oxygen atoms in total. The maximum absolute atomic E-state index is 11.9. The lowest BCUT2D eigenvalue weighted by Crippen LogP contribution is -2.54. The fourth-order valence-electron chi connectivity index (χ4n) is 4.28. The van der Waals surface area contributed by atoms with Crippen LogP contribution in [0.5, 0.6) is 5.75 Å². The molecule has 0 atom stereocenters. The smallest absolute Gasteiger partial charge is 0.341 e. The number of piperidine rings is 1. The number of aryl methyl sites for hydroxylation is 1. The van der Waals surface area contributed by atoms with Gasteiger partial charge in [0.2, 0.25) is 5.79 Å². The summed E-state index contributed by atoms with van der Waals surface area (Å²) in [5, 5.41) is 4.41. The number of aromatic nitrogens is 2. The van der Waals surface area contributed by atoms with Gasteiger partial charge in [-0.25, -0.2) is 14.8 Å². The molecule has 0 saturated carbocycles. The second-order valence-corrected chi connectivity index (χ2v) is 7.72. The molecule has 0 bridgehead atoms. The number of nitrogens with zero attached hydrogens (tertiary/aromatic N) is 3. The zero-order valence-corrected chi connectivity index (χ0v) is 17.1. The van der Waals surface area contributed by atoms with Gasteiger partial charge in [0.05, 0.1) is 19.2 Å². The van der Waals surface area contributed by atoms with Gasteiger partial charge in [-0.05, 0) is 36.8 Å². The second-order valence-electron chi connectivity index (χ2n) is 7.72. The van der Waals surface area contributed by atoms with E-state index in [1.54, 1.807) is 4.90 Å². The van der Waals surface area contributed by atoms with Gasteiger partial charge in [0.15, 0.2) is 0 Å². The zero-order chi connectivity index (χ0) is 20.7. The molecule has 5 rings (SSSR count). The number of carbonyl (C=O) groups excluding carboxylic acids is 1. The minimum atomic E-state index is -0.678. The number of rotatable bonds is 2. The van der Waals surface area contributed by atoms with E-state index in [2.05, 4.69) is 41.8 Å². The van der Waals surface area contributed by atoms with Gasteiger partial charge < -0.3 is 14.4 Å². The molecule has 1 saturated heterocycles. The lowest BCUT2D eigenvalue weighted by molar-refractivity contribution is -0.225. The van der Waals surface area contributed by atoms with Crippen molar-refractivity contribution in [2.75, 3.05) is 20.2 Å². The highest BCUT2D eigenvalue weighted by atomic mass is 16.7. The number of fused-ring (bicyclic) bond motifs is 2. The van der Waals surface area contributed by atoms with Crippen LogP contribution in [0, 0.1) is 6.92 Å². The SMILES string of the molecule is CONC(=O)N1CCC2(CC1)OCc1cc(-c3ccc4ccnn4c3C)ccc1O2. The van der Waals surface area contributed by atoms with Gasteiger partial charge in [-0.15, -0.1) is 0 Å². The fraction of sp³-hybridized carbons (Fsp3) is 0.364. The van der Waals surface area contributed by atoms with Gasteiger partial charge in [0.1, 0.15) is 5.75 Å². The van der Waals surface area contributed by atoms with Gasteiger partial charge in [-0.1, -0.05) is 12.1 Å². The maximum Gasteiger partial charge on any atom is 0.341 e. The Morgan fingerprint density at radius 1 is 1.20 bits per heavy atom. The van der Waals surface area contributed by atoms with E-state index in [1.807, 2.05) is 22.8 Å². The normalized spacial score (nSPS) is 17.6. The Morgan fingerprint density at radius 2 is 2.03 bits per heavy atom. The number of benzene rings is 1. The van der Waals surface area contributed by atoms with Crippen LogP contribution in [0.1, 0.15) is 24.1 Å². The number of carbonyl (C=O) groups is 1. The Kier molecular flexibility index (Phi) is 4.60. The average molecular weight is 408 g/mol. The summed E-state index contributed by atoms with van der Waals surface area (Å²) in [5.41, 5.74) is 7.79. The molecule has 3 aromatic rings. The predicted molar refractivity (Wildman–Crippen MR) is 110 cm³/mol. The molecule has 156 valence electrons. The summed E-state index contributed by atoms with van der Waals surface area (Å²) in [5.74, 6) is 0.167. The Balaban J connectivity index is 1.35. The summed E-state index contributed by atoms with van der Waals surface area (Å²) >= 11 is 0. The molecule has 1 spiro atoms. The maximum atomic E-state index is 11.9. The van der Waals surface area contributed by atoms with Crippen LogP contribution in [0.3, 0.4) is 0 Å². The first kappa shape index (κ1) is 18.9. The number of hydroxylamine groups is 1. The minimum Gasteiger partial charge on any atom is -0.462 e. The van der Waals surface area contributed by atoms with E-state index in [1.165, 1.54) is 7.11 Å². The van der Waals surface area contributed by atoms with Crippen molar-refractivity contribution in [3.63, 3.8) is 0 Å². The zero-order valence-electron chi connectivity index (χ0n) is 17.1.